The summed E-state index contributed by atoms with van der Waals surface area (Å²) >= 11 is 0. The van der Waals surface area contributed by atoms with Gasteiger partial charge in [-0.25, -0.2) is 4.68 Å². The Labute approximate surface area is 59.4 Å². The highest BCUT2D eigenvalue weighted by Gasteiger charge is 2.12. The lowest BCUT2D eigenvalue weighted by atomic mass is 10.3. The average molecular weight is 138 g/mol. The standard InChI is InChI=1S/C6H10N4/c1-9-2-3-10-6(5-9)4-7-8-10/h4H,2-3,5H2,1H3. The molecule has 0 saturated heterocycles. The Morgan fingerprint density at radius 2 is 2.40 bits per heavy atom. The summed E-state index contributed by atoms with van der Waals surface area (Å²) in [6.07, 6.45) is 1.83. The second-order valence-electron chi connectivity index (χ2n) is 2.69. The topological polar surface area (TPSA) is 34.0 Å². The average Bonchev–Trinajstić information content (AvgIpc) is 2.33. The molecule has 2 rings (SSSR count). The molecular formula is C6H10N4. The van der Waals surface area contributed by atoms with Crippen molar-refractivity contribution < 1.29 is 0 Å². The molecule has 0 unspecified atom stereocenters. The first-order chi connectivity index (χ1) is 4.86. The quantitative estimate of drug-likeness (QED) is 0.494. The summed E-state index contributed by atoms with van der Waals surface area (Å²) in [6.45, 7) is 3.04. The van der Waals surface area contributed by atoms with Crippen LogP contribution >= 0.6 is 0 Å². The van der Waals surface area contributed by atoms with Crippen LogP contribution in [0.25, 0.3) is 0 Å². The minimum atomic E-state index is 0.978. The molecule has 0 bridgehead atoms. The number of hydrogen-bond donors (Lipinski definition) is 0. The SMILES string of the molecule is CN1CCn2nncc2C1. The van der Waals surface area contributed by atoms with Crippen LogP contribution in [0.3, 0.4) is 0 Å². The second kappa shape index (κ2) is 2.05. The lowest BCUT2D eigenvalue weighted by Gasteiger charge is -2.21. The molecule has 0 N–H and O–H groups in total. The summed E-state index contributed by atoms with van der Waals surface area (Å²) in [7, 11) is 2.11. The first-order valence-electron chi connectivity index (χ1n) is 3.42. The van der Waals surface area contributed by atoms with Crippen molar-refractivity contribution in [1.29, 1.82) is 0 Å². The van der Waals surface area contributed by atoms with Gasteiger partial charge in [-0.3, -0.25) is 4.90 Å². The van der Waals surface area contributed by atoms with Crippen molar-refractivity contribution in [2.75, 3.05) is 13.6 Å². The Bertz CT molecular complexity index is 229. The molecule has 0 spiro atoms. The molecule has 0 aromatic carbocycles. The highest BCUT2D eigenvalue weighted by atomic mass is 15.4. The van der Waals surface area contributed by atoms with E-state index in [1.807, 2.05) is 10.9 Å². The Morgan fingerprint density at radius 1 is 1.50 bits per heavy atom. The van der Waals surface area contributed by atoms with E-state index < -0.39 is 0 Å². The van der Waals surface area contributed by atoms with E-state index in [1.165, 1.54) is 5.69 Å². The number of nitrogens with zero attached hydrogens (tertiary/aromatic N) is 4. The highest BCUT2D eigenvalue weighted by Crippen LogP contribution is 2.06. The van der Waals surface area contributed by atoms with Crippen LogP contribution in [0.1, 0.15) is 5.69 Å². The fraction of sp³-hybridized carbons (Fsp3) is 0.667. The summed E-state index contributed by atoms with van der Waals surface area (Å²) < 4.78 is 1.96. The minimum absolute atomic E-state index is 0.978. The molecule has 4 heteroatoms. The van der Waals surface area contributed by atoms with Crippen molar-refractivity contribution in [2.24, 2.45) is 0 Å². The number of likely N-dealkylation sites (N-methyl/N-ethyl adjacent to an activating group) is 1. The summed E-state index contributed by atoms with van der Waals surface area (Å²) in [5.74, 6) is 0. The summed E-state index contributed by atoms with van der Waals surface area (Å²) in [6, 6.07) is 0. The Hall–Kier alpha value is -0.900. The van der Waals surface area contributed by atoms with Gasteiger partial charge in [-0.2, -0.15) is 0 Å². The van der Waals surface area contributed by atoms with Gasteiger partial charge in [0.2, 0.25) is 0 Å². The molecule has 1 aromatic heterocycles. The van der Waals surface area contributed by atoms with E-state index in [2.05, 4.69) is 22.3 Å². The second-order valence-corrected chi connectivity index (χ2v) is 2.69. The van der Waals surface area contributed by atoms with Crippen molar-refractivity contribution in [3.05, 3.63) is 11.9 Å². The fourth-order valence-corrected chi connectivity index (χ4v) is 1.21. The van der Waals surface area contributed by atoms with E-state index in [0.29, 0.717) is 0 Å². The molecule has 1 aliphatic heterocycles. The zero-order valence-corrected chi connectivity index (χ0v) is 5.99. The van der Waals surface area contributed by atoms with Gasteiger partial charge < -0.3 is 0 Å². The normalized spacial score (nSPS) is 18.9. The van der Waals surface area contributed by atoms with E-state index >= 15 is 0 Å². The number of aromatic nitrogens is 3. The Kier molecular flexibility index (Phi) is 1.20. The van der Waals surface area contributed by atoms with Gasteiger partial charge in [-0.05, 0) is 7.05 Å². The number of rotatable bonds is 0. The molecule has 10 heavy (non-hydrogen) atoms. The molecule has 0 saturated carbocycles. The van der Waals surface area contributed by atoms with Crippen LogP contribution in [0.5, 0.6) is 0 Å². The summed E-state index contributed by atoms with van der Waals surface area (Å²) in [5, 5.41) is 7.76. The molecule has 0 radical (unpaired) electrons. The largest absolute Gasteiger partial charge is 0.299 e. The van der Waals surface area contributed by atoms with Crippen molar-refractivity contribution in [1.82, 2.24) is 19.9 Å². The fourth-order valence-electron chi connectivity index (χ4n) is 1.21. The van der Waals surface area contributed by atoms with Crippen LogP contribution in [-0.4, -0.2) is 33.5 Å². The maximum absolute atomic E-state index is 3.93. The van der Waals surface area contributed by atoms with Crippen LogP contribution in [0.4, 0.5) is 0 Å². The van der Waals surface area contributed by atoms with Gasteiger partial charge in [0.1, 0.15) is 0 Å². The predicted octanol–water partition coefficient (Wildman–Crippen LogP) is -0.277. The van der Waals surface area contributed by atoms with Crippen molar-refractivity contribution >= 4 is 0 Å². The number of hydrogen-bond acceptors (Lipinski definition) is 3. The van der Waals surface area contributed by atoms with Gasteiger partial charge in [0, 0.05) is 13.1 Å². The summed E-state index contributed by atoms with van der Waals surface area (Å²) in [5.41, 5.74) is 1.22. The molecule has 0 atom stereocenters. The maximum Gasteiger partial charge on any atom is 0.0738 e. The van der Waals surface area contributed by atoms with E-state index in [1.54, 1.807) is 0 Å². The van der Waals surface area contributed by atoms with Gasteiger partial charge in [-0.1, -0.05) is 5.21 Å². The number of fused-ring (bicyclic) bond motifs is 1. The van der Waals surface area contributed by atoms with Crippen LogP contribution in [-0.2, 0) is 13.1 Å². The maximum atomic E-state index is 3.93. The zero-order valence-electron chi connectivity index (χ0n) is 5.99. The van der Waals surface area contributed by atoms with Crippen LogP contribution in [0, 0.1) is 0 Å². The first kappa shape index (κ1) is 5.85. The highest BCUT2D eigenvalue weighted by molar-refractivity contribution is 4.95. The van der Waals surface area contributed by atoms with Crippen LogP contribution < -0.4 is 0 Å². The zero-order chi connectivity index (χ0) is 6.97. The van der Waals surface area contributed by atoms with Gasteiger partial charge >= 0.3 is 0 Å². The summed E-state index contributed by atoms with van der Waals surface area (Å²) in [4.78, 5) is 2.26. The monoisotopic (exact) mass is 138 g/mol. The van der Waals surface area contributed by atoms with E-state index in [9.17, 15) is 0 Å². The van der Waals surface area contributed by atoms with Gasteiger partial charge in [0.15, 0.2) is 0 Å². The Morgan fingerprint density at radius 3 is 3.30 bits per heavy atom. The molecule has 1 aromatic rings. The first-order valence-corrected chi connectivity index (χ1v) is 3.42. The molecule has 54 valence electrons. The molecule has 1 aliphatic rings. The Balaban J connectivity index is 2.30. The van der Waals surface area contributed by atoms with E-state index in [4.69, 9.17) is 0 Å². The third kappa shape index (κ3) is 0.806. The third-order valence-electron chi connectivity index (χ3n) is 1.82. The molecule has 2 heterocycles. The predicted molar refractivity (Wildman–Crippen MR) is 36.4 cm³/mol. The van der Waals surface area contributed by atoms with Gasteiger partial charge in [-0.15, -0.1) is 5.10 Å². The van der Waals surface area contributed by atoms with Gasteiger partial charge in [0.05, 0.1) is 18.4 Å². The minimum Gasteiger partial charge on any atom is -0.299 e. The van der Waals surface area contributed by atoms with E-state index in [-0.39, 0.29) is 0 Å². The van der Waals surface area contributed by atoms with Gasteiger partial charge in [0.25, 0.3) is 0 Å². The lowest BCUT2D eigenvalue weighted by molar-refractivity contribution is 0.258. The molecule has 0 amide bonds. The molecule has 0 fully saturated rings. The lowest BCUT2D eigenvalue weighted by Crippen LogP contribution is -2.30. The molecule has 4 nitrogen and oxygen atoms in total. The third-order valence-corrected chi connectivity index (χ3v) is 1.82. The van der Waals surface area contributed by atoms with E-state index in [0.717, 1.165) is 19.6 Å². The van der Waals surface area contributed by atoms with Crippen molar-refractivity contribution in [2.45, 2.75) is 13.1 Å². The molecule has 0 aliphatic carbocycles. The molecular weight excluding hydrogens is 128 g/mol. The van der Waals surface area contributed by atoms with Crippen molar-refractivity contribution in [3.8, 4) is 0 Å². The van der Waals surface area contributed by atoms with Crippen LogP contribution in [0.15, 0.2) is 6.20 Å². The van der Waals surface area contributed by atoms with Crippen molar-refractivity contribution in [3.63, 3.8) is 0 Å². The smallest absolute Gasteiger partial charge is 0.0738 e. The van der Waals surface area contributed by atoms with Crippen LogP contribution in [0.2, 0.25) is 0 Å².